The summed E-state index contributed by atoms with van der Waals surface area (Å²) >= 11 is 11.0. The zero-order chi connectivity index (χ0) is 20.9. The van der Waals surface area contributed by atoms with Crippen LogP contribution >= 0.6 is 23.8 Å². The number of methoxy groups -OCH3 is 1. The van der Waals surface area contributed by atoms with E-state index in [-0.39, 0.29) is 21.9 Å². The molecule has 0 aliphatic rings. The van der Waals surface area contributed by atoms with E-state index in [4.69, 9.17) is 28.6 Å². The van der Waals surface area contributed by atoms with Gasteiger partial charge in [-0.1, -0.05) is 37.6 Å². The van der Waals surface area contributed by atoms with E-state index in [1.165, 1.54) is 12.1 Å². The van der Waals surface area contributed by atoms with Crippen LogP contribution in [0.3, 0.4) is 0 Å². The molecule has 0 amide bonds. The lowest BCUT2D eigenvalue weighted by molar-refractivity contribution is -0.137. The Balaban J connectivity index is 2.15. The lowest BCUT2D eigenvalue weighted by Crippen LogP contribution is -2.33. The van der Waals surface area contributed by atoms with Gasteiger partial charge >= 0.3 is 6.18 Å². The monoisotopic (exact) mass is 430 g/mol. The van der Waals surface area contributed by atoms with Gasteiger partial charge in [0.2, 0.25) is 0 Å². The average molecular weight is 431 g/mol. The fraction of sp³-hybridized carbons (Fsp3) is 0.350. The predicted molar refractivity (Wildman–Crippen MR) is 111 cm³/mol. The maximum Gasteiger partial charge on any atom is 0.417 e. The van der Waals surface area contributed by atoms with E-state index >= 15 is 0 Å². The van der Waals surface area contributed by atoms with Crippen molar-refractivity contribution in [3.63, 3.8) is 0 Å². The molecule has 0 saturated heterocycles. The fourth-order valence-corrected chi connectivity index (χ4v) is 3.22. The van der Waals surface area contributed by atoms with Crippen molar-refractivity contribution in [3.8, 4) is 5.75 Å². The van der Waals surface area contributed by atoms with Crippen molar-refractivity contribution in [1.82, 2.24) is 5.32 Å². The highest BCUT2D eigenvalue weighted by Crippen LogP contribution is 2.36. The molecular formula is C20H22ClF3N2OS. The summed E-state index contributed by atoms with van der Waals surface area (Å²) in [6.45, 7) is 4.17. The van der Waals surface area contributed by atoms with Crippen LogP contribution in [0.25, 0.3) is 0 Å². The second-order valence-electron chi connectivity index (χ2n) is 6.75. The van der Waals surface area contributed by atoms with Gasteiger partial charge in [0.15, 0.2) is 5.11 Å². The summed E-state index contributed by atoms with van der Waals surface area (Å²) in [5.74, 6) is 1.13. The van der Waals surface area contributed by atoms with Crippen LogP contribution in [0.2, 0.25) is 5.02 Å². The minimum Gasteiger partial charge on any atom is -0.497 e. The highest BCUT2D eigenvalue weighted by atomic mass is 35.5. The standard InChI is InChI=1S/C20H22ClF3N2OS/c1-12(2)10-18(13-4-7-15(27-3)8-5-13)26-19(28)25-14-6-9-17(21)16(11-14)20(22,23)24/h4-9,11-12,18H,10H2,1-3H3,(H2,25,26,28). The summed E-state index contributed by atoms with van der Waals surface area (Å²) in [4.78, 5) is 0. The highest BCUT2D eigenvalue weighted by molar-refractivity contribution is 7.80. The van der Waals surface area contributed by atoms with E-state index in [2.05, 4.69) is 24.5 Å². The lowest BCUT2D eigenvalue weighted by atomic mass is 9.97. The van der Waals surface area contributed by atoms with Crippen molar-refractivity contribution in [2.24, 2.45) is 5.92 Å². The maximum atomic E-state index is 13.0. The fourth-order valence-electron chi connectivity index (χ4n) is 2.73. The zero-order valence-electron chi connectivity index (χ0n) is 15.7. The molecule has 2 rings (SSSR count). The predicted octanol–water partition coefficient (Wildman–Crippen LogP) is 6.44. The molecule has 0 aliphatic heterocycles. The van der Waals surface area contributed by atoms with Gasteiger partial charge in [-0.25, -0.2) is 0 Å². The third-order valence-electron chi connectivity index (χ3n) is 4.06. The summed E-state index contributed by atoms with van der Waals surface area (Å²) in [6, 6.07) is 11.1. The van der Waals surface area contributed by atoms with E-state index in [9.17, 15) is 13.2 Å². The van der Waals surface area contributed by atoms with Crippen LogP contribution in [0.4, 0.5) is 18.9 Å². The molecule has 1 atom stereocenters. The first kappa shape index (κ1) is 22.3. The Labute approximate surface area is 173 Å². The Kier molecular flexibility index (Phi) is 7.55. The second-order valence-corrected chi connectivity index (χ2v) is 7.56. The van der Waals surface area contributed by atoms with Gasteiger partial charge in [-0.2, -0.15) is 13.2 Å². The van der Waals surface area contributed by atoms with Crippen molar-refractivity contribution >= 4 is 34.6 Å². The largest absolute Gasteiger partial charge is 0.497 e. The van der Waals surface area contributed by atoms with E-state index < -0.39 is 11.7 Å². The average Bonchev–Trinajstić information content (AvgIpc) is 2.61. The van der Waals surface area contributed by atoms with E-state index in [0.717, 1.165) is 23.8 Å². The summed E-state index contributed by atoms with van der Waals surface area (Å²) < 4.78 is 44.3. The molecule has 0 bridgehead atoms. The van der Waals surface area contributed by atoms with Crippen LogP contribution in [0.1, 0.15) is 37.4 Å². The molecule has 0 aliphatic carbocycles. The molecule has 0 fully saturated rings. The SMILES string of the molecule is COc1ccc(C(CC(C)C)NC(=S)Nc2ccc(Cl)c(C(F)(F)F)c2)cc1. The Morgan fingerprint density at radius 1 is 1.14 bits per heavy atom. The van der Waals surface area contributed by atoms with E-state index in [1.807, 2.05) is 24.3 Å². The molecule has 2 N–H and O–H groups in total. The minimum absolute atomic E-state index is 0.0970. The van der Waals surface area contributed by atoms with Gasteiger partial charge in [0.25, 0.3) is 0 Å². The number of ether oxygens (including phenoxy) is 1. The van der Waals surface area contributed by atoms with Crippen molar-refractivity contribution in [1.29, 1.82) is 0 Å². The third kappa shape index (κ3) is 6.27. The van der Waals surface area contributed by atoms with Crippen LogP contribution < -0.4 is 15.4 Å². The molecule has 8 heteroatoms. The number of hydrogen-bond donors (Lipinski definition) is 2. The number of nitrogens with one attached hydrogen (secondary N) is 2. The van der Waals surface area contributed by atoms with E-state index in [0.29, 0.717) is 5.92 Å². The number of anilines is 1. The Hall–Kier alpha value is -1.99. The Bertz CT molecular complexity index is 810. The first-order valence-corrected chi connectivity index (χ1v) is 9.47. The molecule has 28 heavy (non-hydrogen) atoms. The quantitative estimate of drug-likeness (QED) is 0.516. The normalized spacial score (nSPS) is 12.6. The summed E-state index contributed by atoms with van der Waals surface area (Å²) in [7, 11) is 1.60. The van der Waals surface area contributed by atoms with Crippen LogP contribution in [0, 0.1) is 5.92 Å². The number of benzene rings is 2. The van der Waals surface area contributed by atoms with Crippen LogP contribution in [-0.4, -0.2) is 12.2 Å². The maximum absolute atomic E-state index is 13.0. The first-order chi connectivity index (χ1) is 13.1. The first-order valence-electron chi connectivity index (χ1n) is 8.68. The van der Waals surface area contributed by atoms with Crippen LogP contribution in [-0.2, 0) is 6.18 Å². The van der Waals surface area contributed by atoms with Crippen molar-refractivity contribution < 1.29 is 17.9 Å². The van der Waals surface area contributed by atoms with Crippen LogP contribution in [0.5, 0.6) is 5.75 Å². The topological polar surface area (TPSA) is 33.3 Å². The molecule has 152 valence electrons. The van der Waals surface area contributed by atoms with Gasteiger partial charge in [-0.15, -0.1) is 0 Å². The van der Waals surface area contributed by atoms with Crippen molar-refractivity contribution in [2.45, 2.75) is 32.5 Å². The molecule has 3 nitrogen and oxygen atoms in total. The molecule has 0 aromatic heterocycles. The summed E-state index contributed by atoms with van der Waals surface area (Å²) in [5.41, 5.74) is 0.314. The number of hydrogen-bond acceptors (Lipinski definition) is 2. The number of alkyl halides is 3. The number of rotatable bonds is 6. The number of halogens is 4. The zero-order valence-corrected chi connectivity index (χ0v) is 17.3. The van der Waals surface area contributed by atoms with Gasteiger partial charge in [0.1, 0.15) is 5.75 Å². The molecular weight excluding hydrogens is 409 g/mol. The molecule has 2 aromatic rings. The van der Waals surface area contributed by atoms with E-state index in [1.54, 1.807) is 7.11 Å². The second kappa shape index (κ2) is 9.47. The smallest absolute Gasteiger partial charge is 0.417 e. The van der Waals surface area contributed by atoms with Gasteiger partial charge in [0, 0.05) is 5.69 Å². The summed E-state index contributed by atoms with van der Waals surface area (Å²) in [6.07, 6.45) is -3.74. The highest BCUT2D eigenvalue weighted by Gasteiger charge is 2.33. The molecule has 2 aromatic carbocycles. The third-order valence-corrected chi connectivity index (χ3v) is 4.61. The lowest BCUT2D eigenvalue weighted by Gasteiger charge is -2.23. The Morgan fingerprint density at radius 2 is 1.79 bits per heavy atom. The molecule has 0 heterocycles. The number of thiocarbonyl (C=S) groups is 1. The van der Waals surface area contributed by atoms with Crippen molar-refractivity contribution in [3.05, 3.63) is 58.6 Å². The van der Waals surface area contributed by atoms with Gasteiger partial charge < -0.3 is 15.4 Å². The molecule has 0 radical (unpaired) electrons. The van der Waals surface area contributed by atoms with Gasteiger partial charge in [-0.05, 0) is 60.5 Å². The van der Waals surface area contributed by atoms with Gasteiger partial charge in [-0.3, -0.25) is 0 Å². The van der Waals surface area contributed by atoms with Crippen LogP contribution in [0.15, 0.2) is 42.5 Å². The molecule has 0 spiro atoms. The molecule has 0 saturated carbocycles. The Morgan fingerprint density at radius 3 is 2.32 bits per heavy atom. The minimum atomic E-state index is -4.53. The summed E-state index contributed by atoms with van der Waals surface area (Å²) in [5, 5.41) is 5.88. The molecule has 1 unspecified atom stereocenters. The van der Waals surface area contributed by atoms with Gasteiger partial charge in [0.05, 0.1) is 23.7 Å². The van der Waals surface area contributed by atoms with Crippen molar-refractivity contribution in [2.75, 3.05) is 12.4 Å².